The number of ether oxygens (including phenoxy) is 2. The summed E-state index contributed by atoms with van der Waals surface area (Å²) in [6.45, 7) is -0.0218. The van der Waals surface area contributed by atoms with Crippen LogP contribution in [0.3, 0.4) is 0 Å². The minimum absolute atomic E-state index is 0.0208. The molecule has 5 aromatic rings. The van der Waals surface area contributed by atoms with Gasteiger partial charge in [0.05, 0.1) is 53.7 Å². The molecule has 3 aromatic heterocycles. The number of rotatable bonds is 7. The zero-order valence-corrected chi connectivity index (χ0v) is 21.0. The van der Waals surface area contributed by atoms with Crippen LogP contribution < -0.4 is 20.5 Å². The Morgan fingerprint density at radius 2 is 2.11 bits per heavy atom. The number of amides is 1. The number of nitrogens with zero attached hydrogens (tertiary/aromatic N) is 4. The predicted molar refractivity (Wildman–Crippen MR) is 139 cm³/mol. The number of thiophene rings is 1. The molecule has 1 amide bonds. The van der Waals surface area contributed by atoms with Gasteiger partial charge in [-0.3, -0.25) is 14.1 Å². The number of hydrogen-bond donors (Lipinski definition) is 2. The number of aromatic nitrogens is 3. The van der Waals surface area contributed by atoms with Crippen LogP contribution in [0.4, 0.5) is 9.18 Å². The van der Waals surface area contributed by atoms with Gasteiger partial charge in [-0.25, -0.2) is 14.0 Å². The standard InChI is InChI=1S/C26H20FN5O5S/c1-31-19-12-29-17-10-20(36-2)21(37-22(13-30-25(33)34)23-4-3-7-38-23)9-15(17)24(19)32(26(31)35)18-6-5-14(11-28)8-16(18)27/h3-10,12,22,30H,13H2,1-2H3,(H,33,34). The lowest BCUT2D eigenvalue weighted by atomic mass is 10.1. The third-order valence-electron chi connectivity index (χ3n) is 6.05. The third-order valence-corrected chi connectivity index (χ3v) is 7.02. The van der Waals surface area contributed by atoms with E-state index in [9.17, 15) is 9.59 Å². The van der Waals surface area contributed by atoms with Crippen LogP contribution in [0.2, 0.25) is 0 Å². The number of nitriles is 1. The summed E-state index contributed by atoms with van der Waals surface area (Å²) >= 11 is 1.41. The molecule has 0 bridgehead atoms. The van der Waals surface area contributed by atoms with Gasteiger partial charge in [0, 0.05) is 23.4 Å². The van der Waals surface area contributed by atoms with Gasteiger partial charge in [0.2, 0.25) is 0 Å². The number of pyridine rings is 1. The Balaban J connectivity index is 1.74. The molecule has 0 saturated carbocycles. The topological polar surface area (TPSA) is 131 Å². The molecule has 2 aromatic carbocycles. The number of halogens is 1. The lowest BCUT2D eigenvalue weighted by Crippen LogP contribution is -2.28. The fraction of sp³-hybridized carbons (Fsp3) is 0.154. The average molecular weight is 534 g/mol. The lowest BCUT2D eigenvalue weighted by molar-refractivity contribution is 0.172. The Morgan fingerprint density at radius 3 is 2.76 bits per heavy atom. The number of carboxylic acid groups (broad SMARTS) is 1. The van der Waals surface area contributed by atoms with Gasteiger partial charge in [-0.2, -0.15) is 5.26 Å². The van der Waals surface area contributed by atoms with Gasteiger partial charge in [-0.15, -0.1) is 11.3 Å². The Bertz CT molecular complexity index is 1790. The number of hydrogen-bond acceptors (Lipinski definition) is 7. The van der Waals surface area contributed by atoms with Crippen molar-refractivity contribution in [1.29, 1.82) is 5.26 Å². The molecule has 38 heavy (non-hydrogen) atoms. The quantitative estimate of drug-likeness (QED) is 0.318. The largest absolute Gasteiger partial charge is 0.493 e. The Morgan fingerprint density at radius 1 is 1.29 bits per heavy atom. The molecular formula is C26H20FN5O5S. The molecule has 12 heteroatoms. The second kappa shape index (κ2) is 9.87. The monoisotopic (exact) mass is 533 g/mol. The van der Waals surface area contributed by atoms with E-state index >= 15 is 4.39 Å². The predicted octanol–water partition coefficient (Wildman–Crippen LogP) is 4.35. The number of benzene rings is 2. The summed E-state index contributed by atoms with van der Waals surface area (Å²) < 4.78 is 29.5. The second-order valence-electron chi connectivity index (χ2n) is 8.28. The van der Waals surface area contributed by atoms with Crippen molar-refractivity contribution in [3.05, 3.63) is 80.8 Å². The van der Waals surface area contributed by atoms with Gasteiger partial charge in [0.1, 0.15) is 5.82 Å². The van der Waals surface area contributed by atoms with Crippen molar-refractivity contribution in [2.24, 2.45) is 7.05 Å². The summed E-state index contributed by atoms with van der Waals surface area (Å²) in [5.74, 6) is -0.107. The number of fused-ring (bicyclic) bond motifs is 3. The summed E-state index contributed by atoms with van der Waals surface area (Å²) in [5, 5.41) is 22.9. The van der Waals surface area contributed by atoms with Crippen molar-refractivity contribution >= 4 is 39.4 Å². The minimum atomic E-state index is -1.19. The van der Waals surface area contributed by atoms with E-state index in [-0.39, 0.29) is 23.5 Å². The smallest absolute Gasteiger partial charge is 0.404 e. The highest BCUT2D eigenvalue weighted by Gasteiger charge is 2.23. The van der Waals surface area contributed by atoms with E-state index in [4.69, 9.17) is 19.8 Å². The van der Waals surface area contributed by atoms with E-state index in [0.29, 0.717) is 27.7 Å². The summed E-state index contributed by atoms with van der Waals surface area (Å²) in [6.07, 6.45) is -0.342. The maximum atomic E-state index is 15.1. The summed E-state index contributed by atoms with van der Waals surface area (Å²) in [7, 11) is 3.02. The Labute approximate surface area is 218 Å². The van der Waals surface area contributed by atoms with Gasteiger partial charge in [-0.1, -0.05) is 6.07 Å². The molecule has 0 aliphatic heterocycles. The molecule has 10 nitrogen and oxygen atoms in total. The minimum Gasteiger partial charge on any atom is -0.493 e. The molecular weight excluding hydrogens is 513 g/mol. The molecule has 2 N–H and O–H groups in total. The van der Waals surface area contributed by atoms with E-state index in [1.54, 1.807) is 19.2 Å². The van der Waals surface area contributed by atoms with Crippen LogP contribution in [-0.2, 0) is 7.05 Å². The molecule has 0 fully saturated rings. The maximum absolute atomic E-state index is 15.1. The number of imidazole rings is 1. The van der Waals surface area contributed by atoms with E-state index in [1.165, 1.54) is 45.9 Å². The molecule has 1 unspecified atom stereocenters. The summed E-state index contributed by atoms with van der Waals surface area (Å²) in [5.41, 5.74) is 0.901. The van der Waals surface area contributed by atoms with Crippen molar-refractivity contribution in [2.45, 2.75) is 6.10 Å². The average Bonchev–Trinajstić information content (AvgIpc) is 3.53. The van der Waals surface area contributed by atoms with E-state index in [1.807, 2.05) is 23.6 Å². The van der Waals surface area contributed by atoms with Crippen molar-refractivity contribution in [1.82, 2.24) is 19.4 Å². The highest BCUT2D eigenvalue weighted by Crippen LogP contribution is 2.38. The Kier molecular flexibility index (Phi) is 6.44. The van der Waals surface area contributed by atoms with Crippen LogP contribution in [0.1, 0.15) is 16.5 Å². The van der Waals surface area contributed by atoms with Gasteiger partial charge >= 0.3 is 11.8 Å². The first kappa shape index (κ1) is 24.8. The molecule has 0 radical (unpaired) electrons. The fourth-order valence-corrected chi connectivity index (χ4v) is 5.00. The summed E-state index contributed by atoms with van der Waals surface area (Å²) in [6, 6.07) is 12.7. The first-order valence-electron chi connectivity index (χ1n) is 11.3. The van der Waals surface area contributed by atoms with Gasteiger partial charge in [0.15, 0.2) is 17.6 Å². The van der Waals surface area contributed by atoms with Crippen LogP contribution in [0.25, 0.3) is 27.6 Å². The maximum Gasteiger partial charge on any atom is 0.404 e. The molecule has 3 heterocycles. The van der Waals surface area contributed by atoms with Crippen molar-refractivity contribution in [2.75, 3.05) is 13.7 Å². The van der Waals surface area contributed by atoms with E-state index < -0.39 is 23.7 Å². The van der Waals surface area contributed by atoms with Gasteiger partial charge in [0.25, 0.3) is 0 Å². The van der Waals surface area contributed by atoms with E-state index in [2.05, 4.69) is 10.3 Å². The van der Waals surface area contributed by atoms with Crippen LogP contribution in [0, 0.1) is 17.1 Å². The Hall–Kier alpha value is -4.89. The van der Waals surface area contributed by atoms with Crippen molar-refractivity contribution in [3.8, 4) is 23.3 Å². The molecule has 0 saturated heterocycles. The number of carbonyl (C=O) groups is 1. The van der Waals surface area contributed by atoms with E-state index in [0.717, 1.165) is 10.9 Å². The zero-order chi connectivity index (χ0) is 27.0. The first-order chi connectivity index (χ1) is 18.3. The molecule has 1 atom stereocenters. The molecule has 5 rings (SSSR count). The molecule has 0 aliphatic rings. The molecule has 0 spiro atoms. The molecule has 192 valence electrons. The first-order valence-corrected chi connectivity index (χ1v) is 12.2. The number of nitrogens with one attached hydrogen (secondary N) is 1. The number of methoxy groups -OCH3 is 1. The SMILES string of the molecule is COc1cc2ncc3c(c2cc1OC(CNC(=O)O)c1cccs1)n(-c1ccc(C#N)cc1F)c(=O)n3C. The van der Waals surface area contributed by atoms with Crippen LogP contribution in [0.15, 0.2) is 58.8 Å². The zero-order valence-electron chi connectivity index (χ0n) is 20.1. The fourth-order valence-electron chi connectivity index (χ4n) is 4.25. The van der Waals surface area contributed by atoms with Gasteiger partial charge in [-0.05, 0) is 35.7 Å². The highest BCUT2D eigenvalue weighted by atomic mass is 32.1. The van der Waals surface area contributed by atoms with Crippen LogP contribution in [0.5, 0.6) is 11.5 Å². The van der Waals surface area contributed by atoms with Crippen molar-refractivity contribution < 1.29 is 23.8 Å². The normalized spacial score (nSPS) is 11.8. The highest BCUT2D eigenvalue weighted by molar-refractivity contribution is 7.10. The summed E-state index contributed by atoms with van der Waals surface area (Å²) in [4.78, 5) is 29.7. The van der Waals surface area contributed by atoms with Crippen molar-refractivity contribution in [3.63, 3.8) is 0 Å². The lowest BCUT2D eigenvalue weighted by Gasteiger charge is -2.20. The van der Waals surface area contributed by atoms with Gasteiger partial charge < -0.3 is 19.9 Å². The second-order valence-corrected chi connectivity index (χ2v) is 9.25. The van der Waals surface area contributed by atoms with Crippen LogP contribution in [-0.4, -0.2) is 39.0 Å². The number of aryl methyl sites for hydroxylation is 1. The third kappa shape index (κ3) is 4.29. The molecule has 0 aliphatic carbocycles. The van der Waals surface area contributed by atoms with Crippen LogP contribution >= 0.6 is 11.3 Å².